The number of carboxylic acids is 1. The lowest BCUT2D eigenvalue weighted by molar-refractivity contribution is -0.148. The van der Waals surface area contributed by atoms with Gasteiger partial charge in [-0.3, -0.25) is 9.59 Å². The molecule has 1 heterocycles. The summed E-state index contributed by atoms with van der Waals surface area (Å²) >= 11 is 0. The lowest BCUT2D eigenvalue weighted by Gasteiger charge is -2.35. The first kappa shape index (κ1) is 17.5. The van der Waals surface area contributed by atoms with Gasteiger partial charge >= 0.3 is 5.97 Å². The van der Waals surface area contributed by atoms with Gasteiger partial charge in [-0.25, -0.2) is 0 Å². The summed E-state index contributed by atoms with van der Waals surface area (Å²) in [5.74, 6) is -0.828. The second-order valence-electron chi connectivity index (χ2n) is 6.74. The van der Waals surface area contributed by atoms with Crippen LogP contribution < -0.4 is 0 Å². The van der Waals surface area contributed by atoms with Crippen LogP contribution in [0.5, 0.6) is 0 Å². The second kappa shape index (κ2) is 8.14. The highest BCUT2D eigenvalue weighted by Crippen LogP contribution is 2.24. The number of aliphatic carboxylic acids is 1. The molecule has 23 heavy (non-hydrogen) atoms. The van der Waals surface area contributed by atoms with Gasteiger partial charge in [0.2, 0.25) is 5.91 Å². The molecule has 2 atom stereocenters. The fourth-order valence-electron chi connectivity index (χ4n) is 3.26. The normalized spacial score (nSPS) is 21.2. The predicted octanol–water partition coefficient (Wildman–Crippen LogP) is 3.28. The highest BCUT2D eigenvalue weighted by atomic mass is 16.4. The zero-order valence-corrected chi connectivity index (χ0v) is 14.1. The highest BCUT2D eigenvalue weighted by molar-refractivity contribution is 5.77. The van der Waals surface area contributed by atoms with Crippen molar-refractivity contribution in [2.75, 3.05) is 13.1 Å². The molecule has 126 valence electrons. The van der Waals surface area contributed by atoms with Crippen molar-refractivity contribution in [1.29, 1.82) is 0 Å². The van der Waals surface area contributed by atoms with E-state index in [-0.39, 0.29) is 17.7 Å². The molecule has 1 aliphatic rings. The number of unbranched alkanes of at least 4 members (excludes halogenated alkanes) is 1. The lowest BCUT2D eigenvalue weighted by atomic mass is 9.87. The number of amides is 1. The molecule has 2 rings (SSSR count). The van der Waals surface area contributed by atoms with E-state index in [0.717, 1.165) is 19.3 Å². The third kappa shape index (κ3) is 5.08. The van der Waals surface area contributed by atoms with E-state index < -0.39 is 5.97 Å². The van der Waals surface area contributed by atoms with E-state index >= 15 is 0 Å². The van der Waals surface area contributed by atoms with E-state index in [1.54, 1.807) is 0 Å². The zero-order chi connectivity index (χ0) is 16.8. The Hall–Kier alpha value is -1.84. The van der Waals surface area contributed by atoms with Crippen LogP contribution in [0.1, 0.15) is 43.7 Å². The number of carbonyl (C=O) groups is 2. The van der Waals surface area contributed by atoms with Gasteiger partial charge in [-0.1, -0.05) is 36.8 Å². The summed E-state index contributed by atoms with van der Waals surface area (Å²) in [4.78, 5) is 25.2. The van der Waals surface area contributed by atoms with Gasteiger partial charge in [0.05, 0.1) is 5.92 Å². The van der Waals surface area contributed by atoms with Crippen molar-refractivity contribution < 1.29 is 14.7 Å². The summed E-state index contributed by atoms with van der Waals surface area (Å²) in [5.41, 5.74) is 2.58. The Kier molecular flexibility index (Phi) is 6.20. The Balaban J connectivity index is 1.69. The van der Waals surface area contributed by atoms with Gasteiger partial charge in [0.25, 0.3) is 0 Å². The van der Waals surface area contributed by atoms with Crippen LogP contribution in [0.15, 0.2) is 24.3 Å². The molecular formula is C19H27NO3. The first-order chi connectivity index (χ1) is 11.0. The number of nitrogens with zero attached hydrogens (tertiary/aromatic N) is 1. The molecular weight excluding hydrogens is 290 g/mol. The number of aryl methyl sites for hydroxylation is 2. The van der Waals surface area contributed by atoms with Gasteiger partial charge in [-0.15, -0.1) is 0 Å². The number of benzene rings is 1. The zero-order valence-electron chi connectivity index (χ0n) is 14.1. The monoisotopic (exact) mass is 317 g/mol. The molecule has 0 saturated carbocycles. The summed E-state index contributed by atoms with van der Waals surface area (Å²) in [6.45, 7) is 5.17. The number of rotatable bonds is 6. The van der Waals surface area contributed by atoms with E-state index in [0.29, 0.717) is 25.9 Å². The molecule has 1 aromatic rings. The predicted molar refractivity (Wildman–Crippen MR) is 90.2 cm³/mol. The molecule has 2 unspecified atom stereocenters. The maximum Gasteiger partial charge on any atom is 0.306 e. The molecule has 4 heteroatoms. The van der Waals surface area contributed by atoms with E-state index in [1.165, 1.54) is 11.1 Å². The lowest BCUT2D eigenvalue weighted by Crippen LogP contribution is -2.44. The molecule has 1 N–H and O–H groups in total. The fourth-order valence-corrected chi connectivity index (χ4v) is 3.26. The fraction of sp³-hybridized carbons (Fsp3) is 0.579. The number of likely N-dealkylation sites (tertiary alicyclic amines) is 1. The van der Waals surface area contributed by atoms with Gasteiger partial charge in [0.1, 0.15) is 0 Å². The van der Waals surface area contributed by atoms with Crippen molar-refractivity contribution in [3.63, 3.8) is 0 Å². The topological polar surface area (TPSA) is 57.6 Å². The number of piperidine rings is 1. The summed E-state index contributed by atoms with van der Waals surface area (Å²) in [7, 11) is 0. The smallest absolute Gasteiger partial charge is 0.306 e. The standard InChI is InChI=1S/C19H27NO3/c1-14-7-9-16(10-8-14)5-3-4-6-18(21)20-12-11-17(19(22)23)15(2)13-20/h7-10,15,17H,3-6,11-13H2,1-2H3,(H,22,23). The van der Waals surface area contributed by atoms with Crippen molar-refractivity contribution in [1.82, 2.24) is 4.90 Å². The highest BCUT2D eigenvalue weighted by Gasteiger charge is 2.32. The van der Waals surface area contributed by atoms with Crippen molar-refractivity contribution in [2.45, 2.75) is 46.0 Å². The average molecular weight is 317 g/mol. The molecule has 1 saturated heterocycles. The molecule has 1 fully saturated rings. The third-order valence-corrected chi connectivity index (χ3v) is 4.80. The number of hydrogen-bond donors (Lipinski definition) is 1. The summed E-state index contributed by atoms with van der Waals surface area (Å²) in [6.07, 6.45) is 4.04. The molecule has 0 spiro atoms. The maximum atomic E-state index is 12.3. The Bertz CT molecular complexity index is 538. The van der Waals surface area contributed by atoms with Gasteiger partial charge < -0.3 is 10.0 Å². The van der Waals surface area contributed by atoms with Gasteiger partial charge in [-0.2, -0.15) is 0 Å². The largest absolute Gasteiger partial charge is 0.481 e. The van der Waals surface area contributed by atoms with Crippen LogP contribution in [-0.2, 0) is 16.0 Å². The minimum Gasteiger partial charge on any atom is -0.481 e. The van der Waals surface area contributed by atoms with Gasteiger partial charge in [0, 0.05) is 19.5 Å². The first-order valence-corrected chi connectivity index (χ1v) is 8.53. The Labute approximate surface area is 138 Å². The van der Waals surface area contributed by atoms with E-state index in [4.69, 9.17) is 5.11 Å². The van der Waals surface area contributed by atoms with E-state index in [9.17, 15) is 9.59 Å². The van der Waals surface area contributed by atoms with Crippen molar-refractivity contribution in [2.24, 2.45) is 11.8 Å². The molecule has 0 aromatic heterocycles. The Morgan fingerprint density at radius 2 is 1.91 bits per heavy atom. The minimum absolute atomic E-state index is 0.0396. The maximum absolute atomic E-state index is 12.3. The summed E-state index contributed by atoms with van der Waals surface area (Å²) < 4.78 is 0. The van der Waals surface area contributed by atoms with Gasteiger partial charge in [0.15, 0.2) is 0 Å². The SMILES string of the molecule is Cc1ccc(CCCCC(=O)N2CCC(C(=O)O)C(C)C2)cc1. The van der Waals surface area contributed by atoms with Crippen LogP contribution >= 0.6 is 0 Å². The van der Waals surface area contributed by atoms with E-state index in [2.05, 4.69) is 31.2 Å². The molecule has 0 radical (unpaired) electrons. The van der Waals surface area contributed by atoms with Crippen LogP contribution in [0.3, 0.4) is 0 Å². The molecule has 1 aliphatic heterocycles. The van der Waals surface area contributed by atoms with Crippen LogP contribution in [0, 0.1) is 18.8 Å². The molecule has 1 amide bonds. The summed E-state index contributed by atoms with van der Waals surface area (Å²) in [5, 5.41) is 9.13. The molecule has 4 nitrogen and oxygen atoms in total. The second-order valence-corrected chi connectivity index (χ2v) is 6.74. The molecule has 1 aromatic carbocycles. The van der Waals surface area contributed by atoms with Gasteiger partial charge in [-0.05, 0) is 44.1 Å². The molecule has 0 aliphatic carbocycles. The van der Waals surface area contributed by atoms with Crippen LogP contribution in [0.4, 0.5) is 0 Å². The molecule has 0 bridgehead atoms. The van der Waals surface area contributed by atoms with Crippen molar-refractivity contribution in [3.05, 3.63) is 35.4 Å². The Morgan fingerprint density at radius 1 is 1.22 bits per heavy atom. The Morgan fingerprint density at radius 3 is 2.52 bits per heavy atom. The quantitative estimate of drug-likeness (QED) is 0.819. The van der Waals surface area contributed by atoms with Crippen LogP contribution in [0.2, 0.25) is 0 Å². The number of carbonyl (C=O) groups excluding carboxylic acids is 1. The number of hydrogen-bond acceptors (Lipinski definition) is 2. The first-order valence-electron chi connectivity index (χ1n) is 8.53. The van der Waals surface area contributed by atoms with Crippen molar-refractivity contribution in [3.8, 4) is 0 Å². The summed E-state index contributed by atoms with van der Waals surface area (Å²) in [6, 6.07) is 8.54. The third-order valence-electron chi connectivity index (χ3n) is 4.80. The average Bonchev–Trinajstić information content (AvgIpc) is 2.52. The van der Waals surface area contributed by atoms with Crippen molar-refractivity contribution >= 4 is 11.9 Å². The van der Waals surface area contributed by atoms with E-state index in [1.807, 2.05) is 11.8 Å². The van der Waals surface area contributed by atoms with Crippen LogP contribution in [-0.4, -0.2) is 35.0 Å². The van der Waals surface area contributed by atoms with Crippen LogP contribution in [0.25, 0.3) is 0 Å². The minimum atomic E-state index is -0.734. The number of carboxylic acid groups (broad SMARTS) is 1.